The number of halogens is 2. The molecule has 122 valence electrons. The number of rotatable bonds is 7. The number of nitrogens with two attached hydrogens (primary N) is 1. The first-order valence-corrected chi connectivity index (χ1v) is 6.95. The molecule has 2 aromatic rings. The van der Waals surface area contributed by atoms with Crippen LogP contribution in [-0.2, 0) is 16.1 Å². The number of pyridine rings is 1. The van der Waals surface area contributed by atoms with Gasteiger partial charge in [-0.05, 0) is 19.1 Å². The number of carbonyl (C=O) groups is 1. The highest BCUT2D eigenvalue weighted by Gasteiger charge is 2.26. The van der Waals surface area contributed by atoms with Crippen molar-refractivity contribution in [3.8, 4) is 5.75 Å². The Hall–Kier alpha value is -2.54. The molecule has 1 atom stereocenters. The minimum absolute atomic E-state index is 0.0193. The van der Waals surface area contributed by atoms with E-state index in [9.17, 15) is 13.6 Å². The summed E-state index contributed by atoms with van der Waals surface area (Å²) in [7, 11) is 0. The Morgan fingerprint density at radius 1 is 1.30 bits per heavy atom. The lowest BCUT2D eigenvalue weighted by Crippen LogP contribution is -2.25. The van der Waals surface area contributed by atoms with Gasteiger partial charge in [0.2, 0.25) is 0 Å². The van der Waals surface area contributed by atoms with Crippen LogP contribution in [0.3, 0.4) is 0 Å². The van der Waals surface area contributed by atoms with Crippen molar-refractivity contribution in [2.24, 2.45) is 5.73 Å². The molecule has 0 aliphatic heterocycles. The van der Waals surface area contributed by atoms with Crippen molar-refractivity contribution < 1.29 is 23.0 Å². The minimum Gasteiger partial charge on any atom is -0.487 e. The van der Waals surface area contributed by atoms with Gasteiger partial charge in [0.05, 0.1) is 11.3 Å². The van der Waals surface area contributed by atoms with E-state index < -0.39 is 29.2 Å². The number of hydrogen-bond acceptors (Lipinski definition) is 4. The zero-order chi connectivity index (χ0) is 16.8. The van der Waals surface area contributed by atoms with Gasteiger partial charge in [-0.25, -0.2) is 8.78 Å². The summed E-state index contributed by atoms with van der Waals surface area (Å²) in [6, 6.07) is 7.21. The molecule has 0 saturated carbocycles. The van der Waals surface area contributed by atoms with Crippen LogP contribution in [0.15, 0.2) is 36.5 Å². The van der Waals surface area contributed by atoms with E-state index in [0.29, 0.717) is 5.69 Å². The molecule has 1 unspecified atom stereocenters. The van der Waals surface area contributed by atoms with Gasteiger partial charge in [0.1, 0.15) is 24.0 Å². The van der Waals surface area contributed by atoms with Crippen molar-refractivity contribution in [3.63, 3.8) is 0 Å². The molecule has 7 heteroatoms. The van der Waals surface area contributed by atoms with E-state index in [4.69, 9.17) is 15.2 Å². The Bertz CT molecular complexity index is 657. The van der Waals surface area contributed by atoms with Gasteiger partial charge in [0.25, 0.3) is 5.91 Å². The first-order valence-electron chi connectivity index (χ1n) is 6.95. The van der Waals surface area contributed by atoms with E-state index in [1.165, 1.54) is 0 Å². The molecule has 0 aliphatic rings. The zero-order valence-electron chi connectivity index (χ0n) is 12.5. The van der Waals surface area contributed by atoms with Gasteiger partial charge < -0.3 is 15.2 Å². The Balaban J connectivity index is 2.21. The minimum atomic E-state index is -1.48. The second-order valence-corrected chi connectivity index (χ2v) is 4.65. The maximum absolute atomic E-state index is 14.1. The van der Waals surface area contributed by atoms with Crippen molar-refractivity contribution in [3.05, 3.63) is 59.4 Å². The molecule has 23 heavy (non-hydrogen) atoms. The van der Waals surface area contributed by atoms with Gasteiger partial charge in [-0.3, -0.25) is 9.78 Å². The predicted molar refractivity (Wildman–Crippen MR) is 78.5 cm³/mol. The van der Waals surface area contributed by atoms with Crippen LogP contribution in [0.2, 0.25) is 0 Å². The third kappa shape index (κ3) is 4.23. The first kappa shape index (κ1) is 16.8. The number of hydrogen-bond donors (Lipinski definition) is 1. The predicted octanol–water partition coefficient (Wildman–Crippen LogP) is 2.50. The van der Waals surface area contributed by atoms with E-state index in [2.05, 4.69) is 4.98 Å². The van der Waals surface area contributed by atoms with E-state index in [-0.39, 0.29) is 19.0 Å². The van der Waals surface area contributed by atoms with Crippen LogP contribution < -0.4 is 10.5 Å². The number of benzene rings is 1. The number of amides is 1. The zero-order valence-corrected chi connectivity index (χ0v) is 12.5. The number of nitrogens with zero attached hydrogens (tertiary/aromatic N) is 1. The highest BCUT2D eigenvalue weighted by atomic mass is 19.1. The van der Waals surface area contributed by atoms with Crippen LogP contribution in [0.4, 0.5) is 8.78 Å². The molecule has 2 rings (SSSR count). The number of ether oxygens (including phenoxy) is 2. The summed E-state index contributed by atoms with van der Waals surface area (Å²) in [5, 5.41) is 0. The molecule has 1 amide bonds. The van der Waals surface area contributed by atoms with E-state index >= 15 is 0 Å². The molecular weight excluding hydrogens is 306 g/mol. The van der Waals surface area contributed by atoms with Crippen LogP contribution in [0, 0.1) is 11.6 Å². The maximum atomic E-state index is 14.1. The third-order valence-corrected chi connectivity index (χ3v) is 3.02. The molecule has 5 nitrogen and oxygen atoms in total. The topological polar surface area (TPSA) is 74.4 Å². The van der Waals surface area contributed by atoms with E-state index in [0.717, 1.165) is 12.1 Å². The Kier molecular flexibility index (Phi) is 5.59. The summed E-state index contributed by atoms with van der Waals surface area (Å²) >= 11 is 0. The molecule has 1 aromatic carbocycles. The quantitative estimate of drug-likeness (QED) is 0.850. The van der Waals surface area contributed by atoms with Crippen molar-refractivity contribution >= 4 is 5.91 Å². The van der Waals surface area contributed by atoms with Gasteiger partial charge in [-0.2, -0.15) is 0 Å². The Morgan fingerprint density at radius 3 is 2.52 bits per heavy atom. The van der Waals surface area contributed by atoms with Gasteiger partial charge in [0, 0.05) is 24.9 Å². The Morgan fingerprint density at radius 2 is 2.00 bits per heavy atom. The third-order valence-electron chi connectivity index (χ3n) is 3.02. The van der Waals surface area contributed by atoms with Gasteiger partial charge in [0.15, 0.2) is 6.10 Å². The van der Waals surface area contributed by atoms with Crippen molar-refractivity contribution in [1.29, 1.82) is 0 Å². The Labute approximate surface area is 132 Å². The fraction of sp³-hybridized carbons (Fsp3) is 0.250. The number of primary amides is 1. The molecule has 2 N–H and O–H groups in total. The van der Waals surface area contributed by atoms with Crippen molar-refractivity contribution in [2.75, 3.05) is 6.61 Å². The van der Waals surface area contributed by atoms with Gasteiger partial charge >= 0.3 is 0 Å². The molecule has 0 spiro atoms. The van der Waals surface area contributed by atoms with Crippen LogP contribution in [0.1, 0.15) is 24.3 Å². The fourth-order valence-corrected chi connectivity index (χ4v) is 2.01. The van der Waals surface area contributed by atoms with Crippen LogP contribution in [-0.4, -0.2) is 17.5 Å². The maximum Gasteiger partial charge on any atom is 0.251 e. The number of aromatic nitrogens is 1. The molecule has 1 aromatic heterocycles. The first-order chi connectivity index (χ1) is 11.0. The lowest BCUT2D eigenvalue weighted by molar-refractivity contribution is -0.130. The SMILES string of the molecule is CCOC(C(N)=O)c1c(F)cc(OCc2ccccn2)cc1F. The smallest absolute Gasteiger partial charge is 0.251 e. The van der Waals surface area contributed by atoms with E-state index in [1.807, 2.05) is 0 Å². The van der Waals surface area contributed by atoms with E-state index in [1.54, 1.807) is 31.3 Å². The molecule has 0 bridgehead atoms. The summed E-state index contributed by atoms with van der Waals surface area (Å²) in [6.45, 7) is 1.74. The monoisotopic (exact) mass is 322 g/mol. The van der Waals surface area contributed by atoms with Crippen molar-refractivity contribution in [2.45, 2.75) is 19.6 Å². The van der Waals surface area contributed by atoms with Gasteiger partial charge in [-0.15, -0.1) is 0 Å². The van der Waals surface area contributed by atoms with Crippen LogP contribution in [0.25, 0.3) is 0 Å². The molecular formula is C16H16F2N2O3. The second kappa shape index (κ2) is 7.64. The average Bonchev–Trinajstić information content (AvgIpc) is 2.52. The second-order valence-electron chi connectivity index (χ2n) is 4.65. The fourth-order valence-electron chi connectivity index (χ4n) is 2.01. The summed E-state index contributed by atoms with van der Waals surface area (Å²) in [5.74, 6) is -2.91. The van der Waals surface area contributed by atoms with Crippen LogP contribution in [0.5, 0.6) is 5.75 Å². The summed E-state index contributed by atoms with van der Waals surface area (Å²) in [4.78, 5) is 15.4. The van der Waals surface area contributed by atoms with Crippen LogP contribution >= 0.6 is 0 Å². The molecule has 1 heterocycles. The van der Waals surface area contributed by atoms with Gasteiger partial charge in [-0.1, -0.05) is 6.07 Å². The molecule has 0 radical (unpaired) electrons. The summed E-state index contributed by atoms with van der Waals surface area (Å²) in [6.07, 6.45) is 0.104. The standard InChI is InChI=1S/C16H16F2N2O3/c1-2-22-15(16(19)21)14-12(17)7-11(8-13(14)18)23-9-10-5-3-4-6-20-10/h3-8,15H,2,9H2,1H3,(H2,19,21). The molecule has 0 saturated heterocycles. The highest BCUT2D eigenvalue weighted by molar-refractivity contribution is 5.80. The lowest BCUT2D eigenvalue weighted by Gasteiger charge is -2.16. The lowest BCUT2D eigenvalue weighted by atomic mass is 10.1. The molecule has 0 fully saturated rings. The highest BCUT2D eigenvalue weighted by Crippen LogP contribution is 2.28. The average molecular weight is 322 g/mol. The summed E-state index contributed by atoms with van der Waals surface area (Å²) in [5.41, 5.74) is 5.22. The number of carbonyl (C=O) groups excluding carboxylic acids is 1. The summed E-state index contributed by atoms with van der Waals surface area (Å²) < 4.78 is 38.6. The normalized spacial score (nSPS) is 12.0. The molecule has 0 aliphatic carbocycles. The largest absolute Gasteiger partial charge is 0.487 e. The van der Waals surface area contributed by atoms with Crippen molar-refractivity contribution in [1.82, 2.24) is 4.98 Å².